The molecule has 0 amide bonds. The lowest BCUT2D eigenvalue weighted by molar-refractivity contribution is 0.00707. The van der Waals surface area contributed by atoms with Crippen molar-refractivity contribution >= 4 is 0 Å². The molecule has 82 valence electrons. The van der Waals surface area contributed by atoms with Crippen LogP contribution >= 0.6 is 0 Å². The lowest BCUT2D eigenvalue weighted by atomic mass is 10.1. The van der Waals surface area contributed by atoms with Crippen molar-refractivity contribution in [3.63, 3.8) is 0 Å². The standard InChI is InChI=1S/C11H21NO2/c12-6-10-2-1-3-11(10)14-8-9-4-5-13-7-9/h9-11H,1-8,12H2. The number of nitrogens with two attached hydrogens (primary N) is 1. The van der Waals surface area contributed by atoms with Crippen LogP contribution in [0.3, 0.4) is 0 Å². The highest BCUT2D eigenvalue weighted by Gasteiger charge is 2.28. The first-order valence-electron chi connectivity index (χ1n) is 5.79. The predicted octanol–water partition coefficient (Wildman–Crippen LogP) is 1.17. The molecule has 0 spiro atoms. The molecule has 2 N–H and O–H groups in total. The van der Waals surface area contributed by atoms with Crippen LogP contribution < -0.4 is 5.73 Å². The van der Waals surface area contributed by atoms with Gasteiger partial charge in [0.25, 0.3) is 0 Å². The first kappa shape index (κ1) is 10.4. The lowest BCUT2D eigenvalue weighted by Gasteiger charge is -2.20. The molecule has 3 heteroatoms. The van der Waals surface area contributed by atoms with E-state index in [1.807, 2.05) is 0 Å². The molecule has 1 saturated carbocycles. The highest BCUT2D eigenvalue weighted by Crippen LogP contribution is 2.28. The quantitative estimate of drug-likeness (QED) is 0.739. The Bertz CT molecular complexity index is 169. The van der Waals surface area contributed by atoms with E-state index in [9.17, 15) is 0 Å². The summed E-state index contributed by atoms with van der Waals surface area (Å²) in [7, 11) is 0. The molecule has 2 rings (SSSR count). The van der Waals surface area contributed by atoms with Crippen molar-refractivity contribution in [3.8, 4) is 0 Å². The second kappa shape index (κ2) is 5.10. The third-order valence-electron chi connectivity index (χ3n) is 3.46. The minimum absolute atomic E-state index is 0.431. The first-order valence-corrected chi connectivity index (χ1v) is 5.79. The zero-order valence-electron chi connectivity index (χ0n) is 8.78. The van der Waals surface area contributed by atoms with Crippen molar-refractivity contribution in [1.82, 2.24) is 0 Å². The minimum atomic E-state index is 0.431. The van der Waals surface area contributed by atoms with Gasteiger partial charge in [-0.25, -0.2) is 0 Å². The average molecular weight is 199 g/mol. The van der Waals surface area contributed by atoms with Crippen molar-refractivity contribution in [2.75, 3.05) is 26.4 Å². The summed E-state index contributed by atoms with van der Waals surface area (Å²) >= 11 is 0. The van der Waals surface area contributed by atoms with Crippen molar-refractivity contribution in [3.05, 3.63) is 0 Å². The molecular formula is C11H21NO2. The molecule has 1 aliphatic heterocycles. The summed E-state index contributed by atoms with van der Waals surface area (Å²) in [6.07, 6.45) is 5.34. The van der Waals surface area contributed by atoms with E-state index in [0.717, 1.165) is 26.4 Å². The summed E-state index contributed by atoms with van der Waals surface area (Å²) in [5.41, 5.74) is 5.70. The van der Waals surface area contributed by atoms with Crippen LogP contribution in [0.4, 0.5) is 0 Å². The molecule has 14 heavy (non-hydrogen) atoms. The van der Waals surface area contributed by atoms with Crippen LogP contribution in [0.1, 0.15) is 25.7 Å². The Morgan fingerprint density at radius 3 is 2.93 bits per heavy atom. The summed E-state index contributed by atoms with van der Waals surface area (Å²) in [5, 5.41) is 0. The summed E-state index contributed by atoms with van der Waals surface area (Å²) in [4.78, 5) is 0. The van der Waals surface area contributed by atoms with Gasteiger partial charge in [0.15, 0.2) is 0 Å². The Labute approximate surface area is 85.9 Å². The van der Waals surface area contributed by atoms with Crippen LogP contribution in [0.15, 0.2) is 0 Å². The second-order valence-electron chi connectivity index (χ2n) is 4.53. The van der Waals surface area contributed by atoms with Gasteiger partial charge in [0, 0.05) is 12.5 Å². The Morgan fingerprint density at radius 1 is 1.29 bits per heavy atom. The molecule has 1 saturated heterocycles. The van der Waals surface area contributed by atoms with Crippen LogP contribution in [0.5, 0.6) is 0 Å². The van der Waals surface area contributed by atoms with Crippen LogP contribution in [-0.4, -0.2) is 32.5 Å². The highest BCUT2D eigenvalue weighted by molar-refractivity contribution is 4.79. The maximum Gasteiger partial charge on any atom is 0.0615 e. The number of hydrogen-bond acceptors (Lipinski definition) is 3. The summed E-state index contributed by atoms with van der Waals surface area (Å²) in [6, 6.07) is 0. The largest absolute Gasteiger partial charge is 0.381 e. The van der Waals surface area contributed by atoms with Gasteiger partial charge in [-0.1, -0.05) is 6.42 Å². The Hall–Kier alpha value is -0.120. The van der Waals surface area contributed by atoms with E-state index in [4.69, 9.17) is 15.2 Å². The lowest BCUT2D eigenvalue weighted by Crippen LogP contribution is -2.27. The Balaban J connectivity index is 1.68. The van der Waals surface area contributed by atoms with E-state index >= 15 is 0 Å². The Kier molecular flexibility index (Phi) is 3.79. The number of rotatable bonds is 4. The zero-order chi connectivity index (χ0) is 9.80. The monoisotopic (exact) mass is 199 g/mol. The molecule has 0 radical (unpaired) electrons. The van der Waals surface area contributed by atoms with Gasteiger partial charge in [-0.05, 0) is 31.7 Å². The maximum atomic E-state index is 5.93. The molecule has 3 atom stereocenters. The topological polar surface area (TPSA) is 44.5 Å². The van der Waals surface area contributed by atoms with Crippen LogP contribution in [0.2, 0.25) is 0 Å². The average Bonchev–Trinajstić information content (AvgIpc) is 2.85. The molecule has 0 aromatic carbocycles. The van der Waals surface area contributed by atoms with E-state index in [1.165, 1.54) is 25.7 Å². The van der Waals surface area contributed by atoms with Gasteiger partial charge in [0.1, 0.15) is 0 Å². The third-order valence-corrected chi connectivity index (χ3v) is 3.46. The molecule has 1 aliphatic carbocycles. The van der Waals surface area contributed by atoms with Crippen LogP contribution in [0, 0.1) is 11.8 Å². The van der Waals surface area contributed by atoms with E-state index in [0.29, 0.717) is 17.9 Å². The van der Waals surface area contributed by atoms with E-state index in [1.54, 1.807) is 0 Å². The van der Waals surface area contributed by atoms with Gasteiger partial charge < -0.3 is 15.2 Å². The van der Waals surface area contributed by atoms with Crippen molar-refractivity contribution in [2.24, 2.45) is 17.6 Å². The van der Waals surface area contributed by atoms with Gasteiger partial charge in [0.2, 0.25) is 0 Å². The number of hydrogen-bond donors (Lipinski definition) is 1. The second-order valence-corrected chi connectivity index (χ2v) is 4.53. The molecule has 0 aromatic heterocycles. The predicted molar refractivity (Wildman–Crippen MR) is 55.1 cm³/mol. The molecule has 2 aliphatic rings. The fourth-order valence-corrected chi connectivity index (χ4v) is 2.47. The Morgan fingerprint density at radius 2 is 2.21 bits per heavy atom. The van der Waals surface area contributed by atoms with Crippen LogP contribution in [0.25, 0.3) is 0 Å². The van der Waals surface area contributed by atoms with Gasteiger partial charge in [-0.15, -0.1) is 0 Å². The fourth-order valence-electron chi connectivity index (χ4n) is 2.47. The molecule has 0 aromatic rings. The third kappa shape index (κ3) is 2.47. The smallest absolute Gasteiger partial charge is 0.0615 e. The van der Waals surface area contributed by atoms with Gasteiger partial charge >= 0.3 is 0 Å². The van der Waals surface area contributed by atoms with E-state index < -0.39 is 0 Å². The number of ether oxygens (including phenoxy) is 2. The highest BCUT2D eigenvalue weighted by atomic mass is 16.5. The maximum absolute atomic E-state index is 5.93. The van der Waals surface area contributed by atoms with Crippen LogP contribution in [-0.2, 0) is 9.47 Å². The fraction of sp³-hybridized carbons (Fsp3) is 1.00. The van der Waals surface area contributed by atoms with Crippen molar-refractivity contribution in [1.29, 1.82) is 0 Å². The van der Waals surface area contributed by atoms with Crippen molar-refractivity contribution < 1.29 is 9.47 Å². The molecule has 3 unspecified atom stereocenters. The van der Waals surface area contributed by atoms with E-state index in [2.05, 4.69) is 0 Å². The molecule has 3 nitrogen and oxygen atoms in total. The minimum Gasteiger partial charge on any atom is -0.381 e. The van der Waals surface area contributed by atoms with Gasteiger partial charge in [-0.3, -0.25) is 0 Å². The molecule has 0 bridgehead atoms. The summed E-state index contributed by atoms with van der Waals surface area (Å²) in [6.45, 7) is 3.46. The summed E-state index contributed by atoms with van der Waals surface area (Å²) < 4.78 is 11.3. The summed E-state index contributed by atoms with van der Waals surface area (Å²) in [5.74, 6) is 1.24. The van der Waals surface area contributed by atoms with Crippen molar-refractivity contribution in [2.45, 2.75) is 31.8 Å². The van der Waals surface area contributed by atoms with Gasteiger partial charge in [0.05, 0.1) is 19.3 Å². The molecule has 1 heterocycles. The van der Waals surface area contributed by atoms with E-state index in [-0.39, 0.29) is 0 Å². The zero-order valence-corrected chi connectivity index (χ0v) is 8.78. The molecule has 2 fully saturated rings. The van der Waals surface area contributed by atoms with Gasteiger partial charge in [-0.2, -0.15) is 0 Å². The normalized spacial score (nSPS) is 37.9. The molecular weight excluding hydrogens is 178 g/mol. The first-order chi connectivity index (χ1) is 6.90. The SMILES string of the molecule is NCC1CCCC1OCC1CCOC1.